The summed E-state index contributed by atoms with van der Waals surface area (Å²) in [5.41, 5.74) is 1.79. The number of nitrogen functional groups attached to an aromatic ring is 1. The van der Waals surface area contributed by atoms with E-state index in [-0.39, 0.29) is 28.3 Å². The first kappa shape index (κ1) is 32.3. The molecular weight excluding hydrogens is 668 g/mol. The SMILES string of the molecule is N=C1C=CC2=C(c3ccc(C(=O)Oc4c(F)c(F)cc(F)c4F)cc3C(=O)O)c3ccc(N)c(S(=O)(=O)O)c3OC2C1S(=O)(=O)O. The van der Waals surface area contributed by atoms with Crippen LogP contribution in [-0.4, -0.2) is 60.1 Å². The number of ether oxygens (including phenoxy) is 2. The van der Waals surface area contributed by atoms with Crippen molar-refractivity contribution in [1.82, 2.24) is 0 Å². The number of allylic oxidation sites excluding steroid dienone is 1. The van der Waals surface area contributed by atoms with Crippen molar-refractivity contribution in [2.24, 2.45) is 0 Å². The maximum absolute atomic E-state index is 14.1. The molecule has 1 aliphatic carbocycles. The highest BCUT2D eigenvalue weighted by Crippen LogP contribution is 2.48. The van der Waals surface area contributed by atoms with Gasteiger partial charge in [0.25, 0.3) is 20.2 Å². The molecule has 3 aromatic rings. The first-order valence-electron chi connectivity index (χ1n) is 12.3. The van der Waals surface area contributed by atoms with Crippen molar-refractivity contribution in [3.05, 3.63) is 99.6 Å². The van der Waals surface area contributed by atoms with E-state index >= 15 is 0 Å². The highest BCUT2D eigenvalue weighted by molar-refractivity contribution is 7.87. The van der Waals surface area contributed by atoms with E-state index in [4.69, 9.17) is 15.9 Å². The molecule has 0 spiro atoms. The minimum atomic E-state index is -5.22. The Morgan fingerprint density at radius 1 is 0.913 bits per heavy atom. The third-order valence-electron chi connectivity index (χ3n) is 6.88. The molecule has 0 saturated heterocycles. The summed E-state index contributed by atoms with van der Waals surface area (Å²) < 4.78 is 135. The normalized spacial score (nSPS) is 17.7. The van der Waals surface area contributed by atoms with Gasteiger partial charge >= 0.3 is 11.9 Å². The number of esters is 1. The maximum Gasteiger partial charge on any atom is 0.343 e. The summed E-state index contributed by atoms with van der Waals surface area (Å²) >= 11 is 0. The number of carbonyl (C=O) groups excluding carboxylic acids is 1. The van der Waals surface area contributed by atoms with E-state index in [1.165, 1.54) is 0 Å². The lowest BCUT2D eigenvalue weighted by Crippen LogP contribution is -2.47. The molecule has 1 aliphatic heterocycles. The fraction of sp³-hybridized carbons (Fsp3) is 0.0741. The lowest BCUT2D eigenvalue weighted by molar-refractivity contribution is 0.0696. The fourth-order valence-corrected chi connectivity index (χ4v) is 6.63. The van der Waals surface area contributed by atoms with Gasteiger partial charge in [0.15, 0.2) is 27.5 Å². The van der Waals surface area contributed by atoms with Crippen LogP contribution in [0.2, 0.25) is 0 Å². The van der Waals surface area contributed by atoms with Gasteiger partial charge in [0.1, 0.15) is 6.10 Å². The van der Waals surface area contributed by atoms with Crippen molar-refractivity contribution in [2.75, 3.05) is 5.73 Å². The van der Waals surface area contributed by atoms with Crippen LogP contribution < -0.4 is 15.2 Å². The van der Waals surface area contributed by atoms with E-state index in [2.05, 4.69) is 4.74 Å². The summed E-state index contributed by atoms with van der Waals surface area (Å²) in [6.45, 7) is 0. The molecule has 13 nitrogen and oxygen atoms in total. The number of rotatable bonds is 6. The zero-order valence-corrected chi connectivity index (χ0v) is 23.9. The molecule has 240 valence electrons. The number of carbonyl (C=O) groups is 2. The van der Waals surface area contributed by atoms with Crippen molar-refractivity contribution < 1.29 is 67.7 Å². The molecule has 0 aromatic heterocycles. The average Bonchev–Trinajstić information content (AvgIpc) is 2.95. The average molecular weight is 685 g/mol. The van der Waals surface area contributed by atoms with Crippen LogP contribution in [0.25, 0.3) is 5.57 Å². The van der Waals surface area contributed by atoms with Gasteiger partial charge in [0.05, 0.1) is 22.5 Å². The summed E-state index contributed by atoms with van der Waals surface area (Å²) in [7, 11) is -10.4. The molecule has 0 saturated carbocycles. The van der Waals surface area contributed by atoms with E-state index in [1.807, 2.05) is 0 Å². The third kappa shape index (κ3) is 5.38. The number of carboxylic acids is 1. The Labute approximate surface area is 255 Å². The second kappa shape index (κ2) is 11.1. The maximum atomic E-state index is 14.1. The molecule has 2 atom stereocenters. The highest BCUT2D eigenvalue weighted by Gasteiger charge is 2.46. The molecule has 0 amide bonds. The summed E-state index contributed by atoms with van der Waals surface area (Å²) in [4.78, 5) is 24.1. The predicted octanol–water partition coefficient (Wildman–Crippen LogP) is 3.40. The van der Waals surface area contributed by atoms with Gasteiger partial charge in [-0.25, -0.2) is 18.4 Å². The first-order valence-corrected chi connectivity index (χ1v) is 15.2. The molecular formula is C27H16F4N2O11S2. The molecule has 1 heterocycles. The van der Waals surface area contributed by atoms with Crippen molar-refractivity contribution in [1.29, 1.82) is 5.41 Å². The van der Waals surface area contributed by atoms with Crippen molar-refractivity contribution in [3.63, 3.8) is 0 Å². The van der Waals surface area contributed by atoms with Crippen LogP contribution in [0.15, 0.2) is 59.0 Å². The van der Waals surface area contributed by atoms with E-state index in [9.17, 15) is 58.2 Å². The highest BCUT2D eigenvalue weighted by atomic mass is 32.2. The van der Waals surface area contributed by atoms with Crippen LogP contribution in [0, 0.1) is 28.7 Å². The van der Waals surface area contributed by atoms with Gasteiger partial charge in [-0.15, -0.1) is 0 Å². The van der Waals surface area contributed by atoms with Gasteiger partial charge in [-0.2, -0.15) is 25.6 Å². The topological polar surface area (TPSA) is 231 Å². The second-order valence-electron chi connectivity index (χ2n) is 9.68. The zero-order valence-electron chi connectivity index (χ0n) is 22.3. The minimum Gasteiger partial charge on any atom is -0.482 e. The lowest BCUT2D eigenvalue weighted by Gasteiger charge is -2.36. The summed E-state index contributed by atoms with van der Waals surface area (Å²) in [6, 6.07) is 4.39. The summed E-state index contributed by atoms with van der Waals surface area (Å²) in [6.07, 6.45) is 0.138. The van der Waals surface area contributed by atoms with Crippen LogP contribution >= 0.6 is 0 Å². The van der Waals surface area contributed by atoms with E-state index < -0.39 is 106 Å². The van der Waals surface area contributed by atoms with Crippen LogP contribution in [0.3, 0.4) is 0 Å². The number of hydrogen-bond acceptors (Lipinski definition) is 10. The van der Waals surface area contributed by atoms with Crippen LogP contribution in [-0.2, 0) is 20.2 Å². The molecule has 0 fully saturated rings. The molecule has 5 rings (SSSR count). The molecule has 2 unspecified atom stereocenters. The Bertz CT molecular complexity index is 2170. The van der Waals surface area contributed by atoms with Gasteiger partial charge in [-0.1, -0.05) is 12.1 Å². The van der Waals surface area contributed by atoms with E-state index in [1.54, 1.807) is 0 Å². The van der Waals surface area contributed by atoms with E-state index in [0.717, 1.165) is 36.4 Å². The van der Waals surface area contributed by atoms with Gasteiger partial charge in [-0.05, 0) is 35.9 Å². The van der Waals surface area contributed by atoms with Gasteiger partial charge in [0.2, 0.25) is 17.4 Å². The fourth-order valence-electron chi connectivity index (χ4n) is 4.96. The number of fused-ring (bicyclic) bond motifs is 2. The van der Waals surface area contributed by atoms with Crippen LogP contribution in [0.4, 0.5) is 23.2 Å². The van der Waals surface area contributed by atoms with E-state index in [0.29, 0.717) is 6.07 Å². The molecule has 0 radical (unpaired) electrons. The number of hydrogen-bond donors (Lipinski definition) is 5. The number of carboxylic acid groups (broad SMARTS) is 1. The van der Waals surface area contributed by atoms with Crippen molar-refractivity contribution in [3.8, 4) is 11.5 Å². The summed E-state index contributed by atoms with van der Waals surface area (Å²) in [5, 5.41) is 16.0. The Balaban J connectivity index is 1.77. The number of nitrogens with one attached hydrogen (secondary N) is 1. The monoisotopic (exact) mass is 684 g/mol. The Morgan fingerprint density at radius 2 is 1.52 bits per heavy atom. The third-order valence-corrected chi connectivity index (χ3v) is 8.96. The molecule has 19 heteroatoms. The van der Waals surface area contributed by atoms with Gasteiger partial charge in [0, 0.05) is 22.8 Å². The number of anilines is 1. The quantitative estimate of drug-likeness (QED) is 0.0628. The number of nitrogens with two attached hydrogens (primary N) is 1. The molecule has 6 N–H and O–H groups in total. The standard InChI is InChI=1S/C27H16F4N2O11S2/c28-14-8-15(29)20(31)23(19(14)30)44-27(36)9-1-2-10(13(7-9)26(34)35)18-11-3-5-16(32)24(45(37,38)39)21(11)43-22-12(18)4-6-17(33)25(22)46(40,41)42/h1-8,21,24,32H,33H2,(H,34,35)(H,37,38,39)(H,40,41,42). The molecule has 0 bridgehead atoms. The van der Waals surface area contributed by atoms with Crippen LogP contribution in [0.5, 0.6) is 11.5 Å². The van der Waals surface area contributed by atoms with Crippen molar-refractivity contribution >= 4 is 49.1 Å². The number of aromatic carboxylic acids is 1. The number of benzene rings is 3. The predicted molar refractivity (Wildman–Crippen MR) is 148 cm³/mol. The Hall–Kier alpha value is -5.11. The smallest absolute Gasteiger partial charge is 0.343 e. The van der Waals surface area contributed by atoms with Crippen LogP contribution in [0.1, 0.15) is 31.8 Å². The molecule has 3 aromatic carbocycles. The van der Waals surface area contributed by atoms with Gasteiger partial charge in [-0.3, -0.25) is 9.11 Å². The lowest BCUT2D eigenvalue weighted by atomic mass is 9.81. The molecule has 2 aliphatic rings. The minimum absolute atomic E-state index is 0.137. The second-order valence-corrected chi connectivity index (χ2v) is 12.6. The number of halogens is 4. The first-order chi connectivity index (χ1) is 21.3. The molecule has 46 heavy (non-hydrogen) atoms. The largest absolute Gasteiger partial charge is 0.482 e. The van der Waals surface area contributed by atoms with Crippen molar-refractivity contribution in [2.45, 2.75) is 16.2 Å². The Morgan fingerprint density at radius 3 is 2.09 bits per heavy atom. The zero-order chi connectivity index (χ0) is 34.0. The Kier molecular flexibility index (Phi) is 7.76. The van der Waals surface area contributed by atoms with Gasteiger partial charge < -0.3 is 25.7 Å². The summed E-state index contributed by atoms with van der Waals surface area (Å²) in [5.74, 6) is -13.9.